The van der Waals surface area contributed by atoms with Crippen LogP contribution in [0.4, 0.5) is 10.5 Å². The third-order valence-corrected chi connectivity index (χ3v) is 4.25. The summed E-state index contributed by atoms with van der Waals surface area (Å²) in [5.74, 6) is 0. The predicted octanol–water partition coefficient (Wildman–Crippen LogP) is 2.18. The lowest BCUT2D eigenvalue weighted by Crippen LogP contribution is -2.31. The van der Waals surface area contributed by atoms with Crippen molar-refractivity contribution in [2.24, 2.45) is 0 Å². The highest BCUT2D eigenvalue weighted by Crippen LogP contribution is 2.22. The number of nitro groups is 1. The van der Waals surface area contributed by atoms with E-state index in [1.165, 1.54) is 12.1 Å². The Morgan fingerprint density at radius 2 is 2.00 bits per heavy atom. The number of halogens is 1. The van der Waals surface area contributed by atoms with E-state index in [1.807, 2.05) is 0 Å². The number of unbranched alkanes of at least 4 members (excludes halogenated alkanes) is 1. The molecule has 10 heteroatoms. The zero-order valence-electron chi connectivity index (χ0n) is 10.8. The van der Waals surface area contributed by atoms with Crippen LogP contribution in [0.5, 0.6) is 0 Å². The van der Waals surface area contributed by atoms with E-state index in [0.717, 1.165) is 23.9 Å². The summed E-state index contributed by atoms with van der Waals surface area (Å²) in [7, 11) is -4.35. The van der Waals surface area contributed by atoms with Crippen LogP contribution in [0.2, 0.25) is 0 Å². The summed E-state index contributed by atoms with van der Waals surface area (Å²) in [4.78, 5) is 20.7. The number of nitro benzene ring substituents is 1. The van der Waals surface area contributed by atoms with Gasteiger partial charge < -0.3 is 4.74 Å². The molecular weight excluding hydrogens is 368 g/mol. The van der Waals surface area contributed by atoms with Gasteiger partial charge in [-0.15, -0.1) is 0 Å². The second-order valence-corrected chi connectivity index (χ2v) is 6.31. The monoisotopic (exact) mass is 380 g/mol. The van der Waals surface area contributed by atoms with E-state index in [2.05, 4.69) is 20.7 Å². The number of amides is 1. The summed E-state index contributed by atoms with van der Waals surface area (Å²) in [5, 5.41) is 11.5. The highest BCUT2D eigenvalue weighted by molar-refractivity contribution is 9.09. The van der Waals surface area contributed by atoms with Gasteiger partial charge in [0.2, 0.25) is 0 Å². The summed E-state index contributed by atoms with van der Waals surface area (Å²) in [5.41, 5.74) is -0.614. The standard InChI is InChI=1S/C11H13BrN2O6S/c12-7-3-4-8-20-11(15)13-21(18,19)10-6-2-1-5-9(10)14(16)17/h1-2,5-6H,3-4,7-8H2,(H,13,15). The number of nitrogens with zero attached hydrogens (tertiary/aromatic N) is 1. The largest absolute Gasteiger partial charge is 0.449 e. The van der Waals surface area contributed by atoms with Crippen LogP contribution in [0.25, 0.3) is 0 Å². The van der Waals surface area contributed by atoms with E-state index in [9.17, 15) is 23.3 Å². The molecule has 0 aliphatic heterocycles. The highest BCUT2D eigenvalue weighted by atomic mass is 79.9. The highest BCUT2D eigenvalue weighted by Gasteiger charge is 2.27. The molecule has 0 aliphatic rings. The van der Waals surface area contributed by atoms with Crippen molar-refractivity contribution in [3.05, 3.63) is 34.4 Å². The molecule has 0 radical (unpaired) electrons. The smallest absolute Gasteiger partial charge is 0.421 e. The first-order valence-electron chi connectivity index (χ1n) is 5.87. The molecule has 1 amide bonds. The van der Waals surface area contributed by atoms with Gasteiger partial charge in [-0.1, -0.05) is 28.1 Å². The maximum atomic E-state index is 11.9. The summed E-state index contributed by atoms with van der Waals surface area (Å²) >= 11 is 3.20. The van der Waals surface area contributed by atoms with E-state index < -0.39 is 31.6 Å². The molecule has 116 valence electrons. The lowest BCUT2D eigenvalue weighted by atomic mass is 10.3. The number of carbonyl (C=O) groups is 1. The Hall–Kier alpha value is -1.68. The normalized spacial score (nSPS) is 10.9. The third kappa shape index (κ3) is 5.31. The van der Waals surface area contributed by atoms with Crippen LogP contribution in [0, 0.1) is 10.1 Å². The van der Waals surface area contributed by atoms with Crippen LogP contribution in [0.15, 0.2) is 29.2 Å². The van der Waals surface area contributed by atoms with Gasteiger partial charge in [0.15, 0.2) is 4.90 Å². The van der Waals surface area contributed by atoms with Crippen LogP contribution in [-0.4, -0.2) is 31.4 Å². The molecule has 0 saturated heterocycles. The number of sulfonamides is 1. The van der Waals surface area contributed by atoms with Crippen LogP contribution >= 0.6 is 15.9 Å². The number of hydrogen-bond donors (Lipinski definition) is 1. The van der Waals surface area contributed by atoms with Crippen molar-refractivity contribution < 1.29 is 22.9 Å². The fourth-order valence-electron chi connectivity index (χ4n) is 1.39. The SMILES string of the molecule is O=C(NS(=O)(=O)c1ccccc1[N+](=O)[O-])OCCCCBr. The number of benzene rings is 1. The Bertz CT molecular complexity index is 619. The number of para-hydroxylation sites is 1. The minimum atomic E-state index is -4.35. The Kier molecular flexibility index (Phi) is 6.56. The first-order chi connectivity index (χ1) is 9.88. The molecule has 0 unspecified atom stereocenters. The van der Waals surface area contributed by atoms with Gasteiger partial charge in [0.25, 0.3) is 15.7 Å². The lowest BCUT2D eigenvalue weighted by molar-refractivity contribution is -0.387. The van der Waals surface area contributed by atoms with Crippen LogP contribution in [0.3, 0.4) is 0 Å². The van der Waals surface area contributed by atoms with Crippen LogP contribution < -0.4 is 4.72 Å². The molecule has 0 heterocycles. The average Bonchev–Trinajstić information content (AvgIpc) is 2.43. The fraction of sp³-hybridized carbons (Fsp3) is 0.364. The van der Waals surface area contributed by atoms with E-state index in [4.69, 9.17) is 0 Å². The topological polar surface area (TPSA) is 116 Å². The van der Waals surface area contributed by atoms with Gasteiger partial charge in [-0.05, 0) is 18.9 Å². The summed E-state index contributed by atoms with van der Waals surface area (Å²) in [6.45, 7) is 0.0594. The molecule has 8 nitrogen and oxygen atoms in total. The summed E-state index contributed by atoms with van der Waals surface area (Å²) < 4.78 is 30.2. The minimum absolute atomic E-state index is 0.0594. The first-order valence-corrected chi connectivity index (χ1v) is 8.48. The number of rotatable bonds is 7. The van der Waals surface area contributed by atoms with E-state index in [0.29, 0.717) is 6.42 Å². The molecule has 0 atom stereocenters. The molecule has 1 N–H and O–H groups in total. The van der Waals surface area contributed by atoms with Crippen LogP contribution in [-0.2, 0) is 14.8 Å². The second kappa shape index (κ2) is 7.93. The zero-order valence-corrected chi connectivity index (χ0v) is 13.2. The van der Waals surface area contributed by atoms with Crippen LogP contribution in [0.1, 0.15) is 12.8 Å². The van der Waals surface area contributed by atoms with Gasteiger partial charge in [-0.3, -0.25) is 10.1 Å². The molecule has 1 rings (SSSR count). The number of nitrogens with one attached hydrogen (secondary N) is 1. The van der Waals surface area contributed by atoms with Gasteiger partial charge in [0, 0.05) is 11.4 Å². The molecule has 1 aromatic rings. The molecule has 21 heavy (non-hydrogen) atoms. The first kappa shape index (κ1) is 17.4. The van der Waals surface area contributed by atoms with Crippen molar-refractivity contribution in [2.75, 3.05) is 11.9 Å². The molecule has 0 aromatic heterocycles. The van der Waals surface area contributed by atoms with Gasteiger partial charge in [0.05, 0.1) is 11.5 Å². The van der Waals surface area contributed by atoms with E-state index in [-0.39, 0.29) is 6.61 Å². The fourth-order valence-corrected chi connectivity index (χ4v) is 2.85. The molecule has 1 aromatic carbocycles. The predicted molar refractivity (Wildman–Crippen MR) is 77.8 cm³/mol. The van der Waals surface area contributed by atoms with Crippen molar-refractivity contribution in [3.8, 4) is 0 Å². The number of carbonyl (C=O) groups excluding carboxylic acids is 1. The van der Waals surface area contributed by atoms with Crippen molar-refractivity contribution in [1.29, 1.82) is 0 Å². The zero-order chi connectivity index (χ0) is 15.9. The molecule has 0 bridgehead atoms. The van der Waals surface area contributed by atoms with Crippen molar-refractivity contribution >= 4 is 37.7 Å². The quantitative estimate of drug-likeness (QED) is 0.335. The maximum absolute atomic E-state index is 11.9. The Morgan fingerprint density at radius 1 is 1.33 bits per heavy atom. The van der Waals surface area contributed by atoms with Gasteiger partial charge in [-0.25, -0.2) is 17.9 Å². The summed E-state index contributed by atoms with van der Waals surface area (Å²) in [6.07, 6.45) is 0.178. The Labute approximate surface area is 129 Å². The number of hydrogen-bond acceptors (Lipinski definition) is 6. The number of alkyl halides is 1. The van der Waals surface area contributed by atoms with E-state index in [1.54, 1.807) is 4.72 Å². The van der Waals surface area contributed by atoms with Crippen molar-refractivity contribution in [1.82, 2.24) is 4.72 Å². The average molecular weight is 381 g/mol. The summed E-state index contributed by atoms with van der Waals surface area (Å²) in [6, 6.07) is 4.73. The number of ether oxygens (including phenoxy) is 1. The maximum Gasteiger partial charge on any atom is 0.421 e. The Morgan fingerprint density at radius 3 is 2.62 bits per heavy atom. The third-order valence-electron chi connectivity index (χ3n) is 2.33. The molecule has 0 fully saturated rings. The Balaban J connectivity index is 2.78. The lowest BCUT2D eigenvalue weighted by Gasteiger charge is -2.08. The van der Waals surface area contributed by atoms with Gasteiger partial charge >= 0.3 is 6.09 Å². The molecule has 0 aliphatic carbocycles. The van der Waals surface area contributed by atoms with Gasteiger partial charge in [-0.2, -0.15) is 0 Å². The molecule has 0 spiro atoms. The molecular formula is C11H13BrN2O6S. The molecule has 0 saturated carbocycles. The minimum Gasteiger partial charge on any atom is -0.449 e. The second-order valence-electron chi connectivity index (χ2n) is 3.86. The van der Waals surface area contributed by atoms with Gasteiger partial charge in [0.1, 0.15) is 0 Å². The van der Waals surface area contributed by atoms with E-state index >= 15 is 0 Å². The van der Waals surface area contributed by atoms with Crippen molar-refractivity contribution in [3.63, 3.8) is 0 Å². The van der Waals surface area contributed by atoms with Crippen molar-refractivity contribution in [2.45, 2.75) is 17.7 Å².